The normalized spacial score (nSPS) is 13.0. The monoisotopic (exact) mass is 249 g/mol. The van der Waals surface area contributed by atoms with Gasteiger partial charge in [0.25, 0.3) is 0 Å². The summed E-state index contributed by atoms with van der Waals surface area (Å²) in [5, 5.41) is 4.80. The lowest BCUT2D eigenvalue weighted by Crippen LogP contribution is -2.27. The Morgan fingerprint density at radius 3 is 3.00 bits per heavy atom. The molecular formula is C11H11N3O2S. The summed E-state index contributed by atoms with van der Waals surface area (Å²) in [6, 6.07) is 5.88. The molecule has 0 bridgehead atoms. The first-order valence-electron chi connectivity index (χ1n) is 5.21. The van der Waals surface area contributed by atoms with Gasteiger partial charge in [-0.25, -0.2) is 0 Å². The molecule has 17 heavy (non-hydrogen) atoms. The van der Waals surface area contributed by atoms with Crippen LogP contribution in [-0.4, -0.2) is 16.6 Å². The summed E-state index contributed by atoms with van der Waals surface area (Å²) in [6.07, 6.45) is 1.87. The zero-order chi connectivity index (χ0) is 11.8. The third-order valence-electron chi connectivity index (χ3n) is 2.60. The zero-order valence-electron chi connectivity index (χ0n) is 9.29. The number of nitrogens with zero attached hydrogens (tertiary/aromatic N) is 3. The molecule has 6 heteroatoms. The topological polar surface area (TPSA) is 40.2 Å². The second-order valence-corrected chi connectivity index (χ2v) is 4.26. The lowest BCUT2D eigenvalue weighted by Gasteiger charge is -1.99. The molecule has 0 unspecified atom stereocenters. The molecule has 0 N–H and O–H groups in total. The minimum atomic E-state index is 0.297. The van der Waals surface area contributed by atoms with E-state index in [-0.39, 0.29) is 0 Å². The zero-order valence-corrected chi connectivity index (χ0v) is 10.1. The van der Waals surface area contributed by atoms with E-state index in [0.717, 1.165) is 17.1 Å². The second kappa shape index (κ2) is 3.89. The number of benzene rings is 1. The van der Waals surface area contributed by atoms with Crippen LogP contribution in [0.15, 0.2) is 29.7 Å². The molecule has 1 aliphatic heterocycles. The fourth-order valence-corrected chi connectivity index (χ4v) is 1.91. The quantitative estimate of drug-likeness (QED) is 0.570. The molecule has 0 amide bonds. The molecule has 0 atom stereocenters. The molecule has 0 spiro atoms. The van der Waals surface area contributed by atoms with Gasteiger partial charge in [-0.3, -0.25) is 4.57 Å². The lowest BCUT2D eigenvalue weighted by molar-refractivity contribution is -0.709. The van der Waals surface area contributed by atoms with Crippen LogP contribution in [0.2, 0.25) is 0 Å². The van der Waals surface area contributed by atoms with E-state index in [0.29, 0.717) is 18.5 Å². The number of rotatable bonds is 2. The van der Waals surface area contributed by atoms with Crippen LogP contribution in [0, 0.1) is 0 Å². The average molecular weight is 249 g/mol. The van der Waals surface area contributed by atoms with Crippen LogP contribution >= 0.6 is 0 Å². The van der Waals surface area contributed by atoms with Crippen molar-refractivity contribution in [2.24, 2.45) is 7.05 Å². The highest BCUT2D eigenvalue weighted by Crippen LogP contribution is 2.32. The SMILES string of the molecule is C[n+]1cn(Cc2ccc3c(c2)OCO3)nc1[S-]. The van der Waals surface area contributed by atoms with Gasteiger partial charge in [0.1, 0.15) is 6.54 Å². The van der Waals surface area contributed by atoms with E-state index in [1.165, 1.54) is 0 Å². The summed E-state index contributed by atoms with van der Waals surface area (Å²) in [5.41, 5.74) is 1.10. The van der Waals surface area contributed by atoms with Gasteiger partial charge in [0, 0.05) is 5.10 Å². The van der Waals surface area contributed by atoms with E-state index in [4.69, 9.17) is 22.1 Å². The molecule has 1 aromatic heterocycles. The van der Waals surface area contributed by atoms with Crippen molar-refractivity contribution >= 4 is 12.6 Å². The van der Waals surface area contributed by atoms with E-state index in [2.05, 4.69) is 5.10 Å². The molecule has 2 heterocycles. The summed E-state index contributed by atoms with van der Waals surface area (Å²) < 4.78 is 14.2. The maximum absolute atomic E-state index is 5.33. The van der Waals surface area contributed by atoms with Crippen LogP contribution in [0.1, 0.15) is 5.56 Å². The first-order chi connectivity index (χ1) is 8.22. The predicted octanol–water partition coefficient (Wildman–Crippen LogP) is 0.390. The van der Waals surface area contributed by atoms with Crippen molar-refractivity contribution in [1.82, 2.24) is 9.78 Å². The van der Waals surface area contributed by atoms with Crippen molar-refractivity contribution in [3.8, 4) is 11.5 Å². The number of hydrogen-bond acceptors (Lipinski definition) is 4. The molecule has 5 nitrogen and oxygen atoms in total. The lowest BCUT2D eigenvalue weighted by atomic mass is 10.2. The van der Waals surface area contributed by atoms with Gasteiger partial charge in [-0.15, -0.1) is 4.68 Å². The third kappa shape index (κ3) is 1.91. The van der Waals surface area contributed by atoms with Crippen molar-refractivity contribution in [2.75, 3.05) is 6.79 Å². The highest BCUT2D eigenvalue weighted by Gasteiger charge is 2.14. The van der Waals surface area contributed by atoms with Crippen molar-refractivity contribution in [2.45, 2.75) is 11.7 Å². The molecule has 1 aliphatic rings. The van der Waals surface area contributed by atoms with Gasteiger partial charge >= 0.3 is 0 Å². The predicted molar refractivity (Wildman–Crippen MR) is 60.7 cm³/mol. The molecule has 88 valence electrons. The molecule has 3 rings (SSSR count). The van der Waals surface area contributed by atoms with Gasteiger partial charge in [0.15, 0.2) is 16.7 Å². The maximum atomic E-state index is 5.33. The smallest absolute Gasteiger partial charge is 0.231 e. The standard InChI is InChI=1S/C11H11N3O2S/c1-13-6-14(12-11(13)17)5-8-2-3-9-10(4-8)16-7-15-9/h2-4,6H,5,7H2,1H3. The van der Waals surface area contributed by atoms with E-state index < -0.39 is 0 Å². The Labute approximate surface area is 104 Å². The Bertz CT molecular complexity index is 548. The summed E-state index contributed by atoms with van der Waals surface area (Å²) in [4.78, 5) is 0. The van der Waals surface area contributed by atoms with E-state index in [1.807, 2.05) is 36.1 Å². The van der Waals surface area contributed by atoms with Crippen molar-refractivity contribution in [3.63, 3.8) is 0 Å². The van der Waals surface area contributed by atoms with Crippen LogP contribution < -0.4 is 14.0 Å². The molecule has 1 aromatic carbocycles. The van der Waals surface area contributed by atoms with E-state index >= 15 is 0 Å². The highest BCUT2D eigenvalue weighted by atomic mass is 32.1. The summed E-state index contributed by atoms with van der Waals surface area (Å²) in [6.45, 7) is 0.965. The van der Waals surface area contributed by atoms with Gasteiger partial charge in [0.05, 0.1) is 7.05 Å². The first-order valence-corrected chi connectivity index (χ1v) is 5.62. The Kier molecular flexibility index (Phi) is 2.36. The Morgan fingerprint density at radius 1 is 1.41 bits per heavy atom. The van der Waals surface area contributed by atoms with Gasteiger partial charge < -0.3 is 22.1 Å². The van der Waals surface area contributed by atoms with Crippen LogP contribution in [0.3, 0.4) is 0 Å². The molecule has 0 fully saturated rings. The van der Waals surface area contributed by atoms with Gasteiger partial charge in [-0.1, -0.05) is 6.07 Å². The minimum Gasteiger partial charge on any atom is -0.703 e. The number of fused-ring (bicyclic) bond motifs is 1. The van der Waals surface area contributed by atoms with Gasteiger partial charge in [-0.2, -0.15) is 0 Å². The van der Waals surface area contributed by atoms with Crippen LogP contribution in [0.4, 0.5) is 0 Å². The number of ether oxygens (including phenoxy) is 2. The summed E-state index contributed by atoms with van der Waals surface area (Å²) in [5.74, 6) is 1.58. The average Bonchev–Trinajstić information content (AvgIpc) is 2.86. The van der Waals surface area contributed by atoms with E-state index in [1.54, 1.807) is 4.68 Å². The third-order valence-corrected chi connectivity index (χ3v) is 2.97. The van der Waals surface area contributed by atoms with Crippen molar-refractivity contribution in [1.29, 1.82) is 0 Å². The van der Waals surface area contributed by atoms with Crippen LogP contribution in [-0.2, 0) is 26.2 Å². The van der Waals surface area contributed by atoms with Crippen molar-refractivity contribution in [3.05, 3.63) is 30.1 Å². The van der Waals surface area contributed by atoms with Crippen LogP contribution in [0.5, 0.6) is 11.5 Å². The Morgan fingerprint density at radius 2 is 2.24 bits per heavy atom. The molecule has 0 aliphatic carbocycles. The van der Waals surface area contributed by atoms with E-state index in [9.17, 15) is 0 Å². The maximum Gasteiger partial charge on any atom is 0.231 e. The largest absolute Gasteiger partial charge is 0.703 e. The highest BCUT2D eigenvalue weighted by molar-refractivity contribution is 7.58. The van der Waals surface area contributed by atoms with Crippen LogP contribution in [0.25, 0.3) is 0 Å². The first kappa shape index (κ1) is 10.3. The van der Waals surface area contributed by atoms with Gasteiger partial charge in [0.2, 0.25) is 13.1 Å². The minimum absolute atomic E-state index is 0.297. The number of aromatic nitrogens is 3. The summed E-state index contributed by atoms with van der Waals surface area (Å²) >= 11 is 5.06. The molecule has 0 radical (unpaired) electrons. The van der Waals surface area contributed by atoms with Crippen molar-refractivity contribution < 1.29 is 14.0 Å². The Balaban J connectivity index is 1.85. The Hall–Kier alpha value is -1.82. The summed E-state index contributed by atoms with van der Waals surface area (Å²) in [7, 11) is 1.88. The molecule has 0 saturated carbocycles. The molecule has 0 saturated heterocycles. The van der Waals surface area contributed by atoms with Gasteiger partial charge in [-0.05, 0) is 17.7 Å². The number of hydrogen-bond donors (Lipinski definition) is 0. The number of aryl methyl sites for hydroxylation is 1. The molecule has 2 aromatic rings. The molecular weight excluding hydrogens is 238 g/mol. The fraction of sp³-hybridized carbons (Fsp3) is 0.273. The fourth-order valence-electron chi connectivity index (χ4n) is 1.76. The second-order valence-electron chi connectivity index (χ2n) is 3.89.